The van der Waals surface area contributed by atoms with Gasteiger partial charge < -0.3 is 14.2 Å². The van der Waals surface area contributed by atoms with Crippen molar-refractivity contribution in [1.29, 1.82) is 0 Å². The molecule has 0 radical (unpaired) electrons. The van der Waals surface area contributed by atoms with E-state index in [0.29, 0.717) is 34.5 Å². The summed E-state index contributed by atoms with van der Waals surface area (Å²) >= 11 is 1.24. The van der Waals surface area contributed by atoms with Crippen LogP contribution in [0.1, 0.15) is 65.8 Å². The average molecular weight is 519 g/mol. The zero-order chi connectivity index (χ0) is 25.8. The average Bonchev–Trinajstić information content (AvgIpc) is 3.27. The third-order valence-corrected chi connectivity index (χ3v) is 7.16. The maximum Gasteiger partial charge on any atom is 0.329 e. The van der Waals surface area contributed by atoms with Gasteiger partial charge in [-0.25, -0.2) is 9.97 Å². The zero-order valence-electron chi connectivity index (χ0n) is 20.7. The fraction of sp³-hybridized carbons (Fsp3) is 0.708. The lowest BCUT2D eigenvalue weighted by molar-refractivity contribution is -0.172. The minimum Gasteiger partial charge on any atom is -0.465 e. The minimum absolute atomic E-state index is 0.0454. The molecule has 6 nitrogen and oxygen atoms in total. The summed E-state index contributed by atoms with van der Waals surface area (Å²) in [7, 11) is 0. The Balaban J connectivity index is 1.68. The van der Waals surface area contributed by atoms with Crippen molar-refractivity contribution in [3.05, 3.63) is 12.4 Å². The molecule has 2 aromatic rings. The highest BCUT2D eigenvalue weighted by atomic mass is 32.2. The number of aromatic nitrogens is 3. The van der Waals surface area contributed by atoms with Gasteiger partial charge in [0.15, 0.2) is 5.16 Å². The molecule has 196 valence electrons. The number of unbranched alkanes of at least 4 members (excludes halogenated alkanes) is 1. The van der Waals surface area contributed by atoms with Crippen molar-refractivity contribution in [2.24, 2.45) is 5.92 Å². The normalized spacial score (nSPS) is 17.9. The van der Waals surface area contributed by atoms with Crippen molar-refractivity contribution < 1.29 is 27.1 Å². The van der Waals surface area contributed by atoms with Gasteiger partial charge in [0.05, 0.1) is 43.5 Å². The van der Waals surface area contributed by atoms with E-state index in [-0.39, 0.29) is 24.1 Å². The van der Waals surface area contributed by atoms with E-state index in [1.54, 1.807) is 17.0 Å². The number of thioether (sulfide) groups is 1. The third kappa shape index (κ3) is 6.40. The van der Waals surface area contributed by atoms with Crippen LogP contribution < -0.4 is 4.90 Å². The first kappa shape index (κ1) is 27.5. The van der Waals surface area contributed by atoms with Gasteiger partial charge in [-0.3, -0.25) is 4.79 Å². The lowest BCUT2D eigenvalue weighted by Crippen LogP contribution is -2.38. The molecular weight excluding hydrogens is 484 g/mol. The van der Waals surface area contributed by atoms with E-state index in [1.807, 2.05) is 13.8 Å². The summed E-state index contributed by atoms with van der Waals surface area (Å²) in [6.45, 7) is 6.28. The molecule has 1 unspecified atom stereocenters. The van der Waals surface area contributed by atoms with Gasteiger partial charge in [0.1, 0.15) is 5.52 Å². The van der Waals surface area contributed by atoms with E-state index in [0.717, 1.165) is 30.6 Å². The van der Waals surface area contributed by atoms with E-state index < -0.39 is 24.9 Å². The molecule has 0 aliphatic carbocycles. The largest absolute Gasteiger partial charge is 0.465 e. The van der Waals surface area contributed by atoms with Crippen LogP contribution in [0.2, 0.25) is 0 Å². The van der Waals surface area contributed by atoms with Gasteiger partial charge >= 0.3 is 17.8 Å². The lowest BCUT2D eigenvalue weighted by atomic mass is 10.0. The van der Waals surface area contributed by atoms with Crippen LogP contribution >= 0.6 is 11.8 Å². The van der Waals surface area contributed by atoms with Gasteiger partial charge in [0, 0.05) is 18.0 Å². The van der Waals surface area contributed by atoms with Gasteiger partial charge in [-0.2, -0.15) is 17.6 Å². The number of alkyl halides is 4. The van der Waals surface area contributed by atoms with E-state index in [1.165, 1.54) is 11.8 Å². The molecule has 1 aliphatic rings. The summed E-state index contributed by atoms with van der Waals surface area (Å²) in [4.78, 5) is 21.9. The third-order valence-electron chi connectivity index (χ3n) is 6.30. The standard InChI is InChI=1S/C24H34F4N4O2S/c1-5-7-8-17(6-2)13-34-20(33)9-10-35-22-29-11-18-21(30-22)19(12-32(18)16(3)4)31-14-23(25,26)24(27,28)15-31/h11-12,16-17H,5-10,13-15H2,1-4H3. The van der Waals surface area contributed by atoms with Crippen molar-refractivity contribution >= 4 is 34.5 Å². The molecule has 0 N–H and O–H groups in total. The topological polar surface area (TPSA) is 60.2 Å². The fourth-order valence-corrected chi connectivity index (χ4v) is 4.81. The number of carbonyl (C=O) groups excluding carboxylic acids is 1. The number of ether oxygens (including phenoxy) is 1. The van der Waals surface area contributed by atoms with E-state index >= 15 is 0 Å². The first-order valence-corrected chi connectivity index (χ1v) is 13.1. The van der Waals surface area contributed by atoms with Crippen LogP contribution in [0.3, 0.4) is 0 Å². The first-order valence-electron chi connectivity index (χ1n) is 12.2. The molecule has 1 aliphatic heterocycles. The molecule has 0 amide bonds. The predicted octanol–water partition coefficient (Wildman–Crippen LogP) is 6.34. The molecule has 1 fully saturated rings. The number of anilines is 1. The van der Waals surface area contributed by atoms with Crippen LogP contribution in [0.25, 0.3) is 11.0 Å². The molecular formula is C24H34F4N4O2S. The van der Waals surface area contributed by atoms with Crippen LogP contribution in [0.4, 0.5) is 23.2 Å². The number of hydrogen-bond acceptors (Lipinski definition) is 6. The molecule has 2 aromatic heterocycles. The Hall–Kier alpha value is -2.04. The Kier molecular flexibility index (Phi) is 8.93. The number of nitrogens with zero attached hydrogens (tertiary/aromatic N) is 4. The number of fused-ring (bicyclic) bond motifs is 1. The number of halogens is 4. The van der Waals surface area contributed by atoms with Crippen molar-refractivity contribution in [2.75, 3.05) is 30.3 Å². The first-order chi connectivity index (χ1) is 16.5. The summed E-state index contributed by atoms with van der Waals surface area (Å²) < 4.78 is 62.6. The number of rotatable bonds is 12. The Morgan fingerprint density at radius 2 is 1.89 bits per heavy atom. The highest BCUT2D eigenvalue weighted by Crippen LogP contribution is 2.44. The number of hydrogen-bond donors (Lipinski definition) is 0. The van der Waals surface area contributed by atoms with Crippen molar-refractivity contribution in [1.82, 2.24) is 14.5 Å². The van der Waals surface area contributed by atoms with Gasteiger partial charge in [0.25, 0.3) is 0 Å². The van der Waals surface area contributed by atoms with Crippen LogP contribution in [-0.2, 0) is 9.53 Å². The summed E-state index contributed by atoms with van der Waals surface area (Å²) in [5, 5.41) is 0.347. The summed E-state index contributed by atoms with van der Waals surface area (Å²) in [5.74, 6) is -7.77. The summed E-state index contributed by atoms with van der Waals surface area (Å²) in [6, 6.07) is -0.0454. The smallest absolute Gasteiger partial charge is 0.329 e. The number of esters is 1. The second kappa shape index (κ2) is 11.3. The Morgan fingerprint density at radius 1 is 1.20 bits per heavy atom. The fourth-order valence-electron chi connectivity index (χ4n) is 4.07. The van der Waals surface area contributed by atoms with Gasteiger partial charge in [-0.05, 0) is 26.2 Å². The van der Waals surface area contributed by atoms with E-state index in [4.69, 9.17) is 4.74 Å². The van der Waals surface area contributed by atoms with Gasteiger partial charge in [-0.1, -0.05) is 44.9 Å². The molecule has 35 heavy (non-hydrogen) atoms. The molecule has 0 aromatic carbocycles. The van der Waals surface area contributed by atoms with E-state index in [9.17, 15) is 22.4 Å². The van der Waals surface area contributed by atoms with Crippen molar-refractivity contribution in [2.45, 2.75) is 82.8 Å². The maximum absolute atomic E-state index is 13.9. The Morgan fingerprint density at radius 3 is 2.49 bits per heavy atom. The van der Waals surface area contributed by atoms with Crippen LogP contribution in [0, 0.1) is 5.92 Å². The summed E-state index contributed by atoms with van der Waals surface area (Å²) in [6.07, 6.45) is 7.55. The zero-order valence-corrected chi connectivity index (χ0v) is 21.5. The number of carbonyl (C=O) groups is 1. The van der Waals surface area contributed by atoms with Crippen molar-refractivity contribution in [3.63, 3.8) is 0 Å². The van der Waals surface area contributed by atoms with Gasteiger partial charge in [-0.15, -0.1) is 0 Å². The lowest BCUT2D eigenvalue weighted by Gasteiger charge is -2.15. The second-order valence-electron chi connectivity index (χ2n) is 9.36. The summed E-state index contributed by atoms with van der Waals surface area (Å²) in [5.41, 5.74) is 1.15. The van der Waals surface area contributed by atoms with E-state index in [2.05, 4.69) is 23.8 Å². The van der Waals surface area contributed by atoms with Crippen LogP contribution in [-0.4, -0.2) is 57.8 Å². The minimum atomic E-state index is -4.11. The maximum atomic E-state index is 13.9. The molecule has 3 heterocycles. The van der Waals surface area contributed by atoms with Gasteiger partial charge in [0.2, 0.25) is 0 Å². The molecule has 3 rings (SSSR count). The highest BCUT2D eigenvalue weighted by molar-refractivity contribution is 7.99. The molecule has 0 bridgehead atoms. The molecule has 0 saturated carbocycles. The highest BCUT2D eigenvalue weighted by Gasteiger charge is 2.63. The monoisotopic (exact) mass is 518 g/mol. The Labute approximate surface area is 207 Å². The Bertz CT molecular complexity index is 999. The second-order valence-corrected chi connectivity index (χ2v) is 10.4. The molecule has 11 heteroatoms. The SMILES string of the molecule is CCCCC(CC)COC(=O)CCSc1ncc2c(n1)c(N1CC(F)(F)C(F)(F)C1)cn2C(C)C. The molecule has 1 atom stereocenters. The van der Waals surface area contributed by atoms with Crippen molar-refractivity contribution in [3.8, 4) is 0 Å². The van der Waals surface area contributed by atoms with Crippen LogP contribution in [0.15, 0.2) is 17.6 Å². The quantitative estimate of drug-likeness (QED) is 0.141. The van der Waals surface area contributed by atoms with Crippen LogP contribution in [0.5, 0.6) is 0 Å². The molecule has 1 saturated heterocycles. The predicted molar refractivity (Wildman–Crippen MR) is 130 cm³/mol. The molecule has 0 spiro atoms.